The van der Waals surface area contributed by atoms with Crippen molar-refractivity contribution in [1.29, 1.82) is 0 Å². The molecular weight excluding hydrogens is 380 g/mol. The van der Waals surface area contributed by atoms with Gasteiger partial charge in [0.25, 0.3) is 10.0 Å². The molecule has 3 rings (SSSR count). The highest BCUT2D eigenvalue weighted by Crippen LogP contribution is 2.31. The van der Waals surface area contributed by atoms with E-state index in [9.17, 15) is 8.42 Å². The van der Waals surface area contributed by atoms with Gasteiger partial charge in [-0.3, -0.25) is 4.72 Å². The lowest BCUT2D eigenvalue weighted by molar-refractivity contribution is 0.340. The van der Waals surface area contributed by atoms with Crippen molar-refractivity contribution in [2.45, 2.75) is 11.8 Å². The summed E-state index contributed by atoms with van der Waals surface area (Å²) in [4.78, 5) is 4.46. The first-order valence-corrected chi connectivity index (χ1v) is 10.2. The normalized spacial score (nSPS) is 11.3. The Labute approximate surface area is 155 Å². The first-order chi connectivity index (χ1) is 12.0. The Morgan fingerprint density at radius 3 is 2.56 bits per heavy atom. The molecule has 0 spiro atoms. The molecule has 0 atom stereocenters. The minimum Gasteiger partial charge on any atom is -0.494 e. The van der Waals surface area contributed by atoms with Crippen LogP contribution in [0.4, 0.5) is 5.13 Å². The third-order valence-electron chi connectivity index (χ3n) is 3.32. The van der Waals surface area contributed by atoms with Crippen LogP contribution in [0.2, 0.25) is 5.02 Å². The molecule has 0 aliphatic heterocycles. The lowest BCUT2D eigenvalue weighted by Gasteiger charge is -2.07. The molecule has 1 aromatic heterocycles. The van der Waals surface area contributed by atoms with Crippen LogP contribution >= 0.6 is 22.9 Å². The zero-order valence-electron chi connectivity index (χ0n) is 13.3. The molecule has 2 aromatic carbocycles. The van der Waals surface area contributed by atoms with Gasteiger partial charge in [0.1, 0.15) is 5.75 Å². The Kier molecular flexibility index (Phi) is 5.27. The molecule has 1 heterocycles. The van der Waals surface area contributed by atoms with Gasteiger partial charge in [-0.05, 0) is 37.3 Å². The number of ether oxygens (including phenoxy) is 1. The number of aromatic nitrogens is 1. The van der Waals surface area contributed by atoms with Gasteiger partial charge >= 0.3 is 0 Å². The number of hydrogen-bond donors (Lipinski definition) is 1. The summed E-state index contributed by atoms with van der Waals surface area (Å²) in [7, 11) is -3.71. The maximum absolute atomic E-state index is 12.5. The van der Waals surface area contributed by atoms with Crippen molar-refractivity contribution in [2.24, 2.45) is 0 Å². The fourth-order valence-corrected chi connectivity index (χ4v) is 4.36. The molecule has 0 fully saturated rings. The van der Waals surface area contributed by atoms with E-state index in [1.165, 1.54) is 23.5 Å². The Morgan fingerprint density at radius 1 is 1.16 bits per heavy atom. The number of anilines is 1. The summed E-state index contributed by atoms with van der Waals surface area (Å²) in [6.07, 6.45) is 0. The highest BCUT2D eigenvalue weighted by Gasteiger charge is 2.17. The SMILES string of the molecule is CCOc1ccc(S(=O)(=O)Nc2nc(-c3ccccc3Cl)cs2)cc1. The van der Waals surface area contributed by atoms with E-state index in [1.54, 1.807) is 23.6 Å². The fourth-order valence-electron chi connectivity index (χ4n) is 2.17. The molecule has 0 unspecified atom stereocenters. The lowest BCUT2D eigenvalue weighted by atomic mass is 10.2. The number of rotatable bonds is 6. The molecular formula is C17H15ClN2O3S2. The molecule has 0 aliphatic rings. The summed E-state index contributed by atoms with van der Waals surface area (Å²) < 4.78 is 32.8. The number of nitrogens with zero attached hydrogens (tertiary/aromatic N) is 1. The highest BCUT2D eigenvalue weighted by molar-refractivity contribution is 7.93. The van der Waals surface area contributed by atoms with Gasteiger partial charge in [-0.2, -0.15) is 0 Å². The van der Waals surface area contributed by atoms with E-state index in [2.05, 4.69) is 9.71 Å². The van der Waals surface area contributed by atoms with E-state index < -0.39 is 10.0 Å². The quantitative estimate of drug-likeness (QED) is 0.660. The first-order valence-electron chi connectivity index (χ1n) is 7.45. The van der Waals surface area contributed by atoms with Crippen LogP contribution < -0.4 is 9.46 Å². The number of benzene rings is 2. The van der Waals surface area contributed by atoms with Gasteiger partial charge in [0.2, 0.25) is 0 Å². The van der Waals surface area contributed by atoms with Crippen LogP contribution in [0.5, 0.6) is 5.75 Å². The van der Waals surface area contributed by atoms with Gasteiger partial charge in [-0.1, -0.05) is 29.8 Å². The molecule has 130 valence electrons. The molecule has 0 aliphatic carbocycles. The second-order valence-electron chi connectivity index (χ2n) is 5.03. The second kappa shape index (κ2) is 7.43. The van der Waals surface area contributed by atoms with E-state index in [0.29, 0.717) is 23.1 Å². The van der Waals surface area contributed by atoms with Crippen molar-refractivity contribution in [3.8, 4) is 17.0 Å². The van der Waals surface area contributed by atoms with Crippen molar-refractivity contribution in [3.05, 3.63) is 58.9 Å². The minimum absolute atomic E-state index is 0.144. The number of nitrogens with one attached hydrogen (secondary N) is 1. The van der Waals surface area contributed by atoms with Gasteiger partial charge < -0.3 is 4.74 Å². The summed E-state index contributed by atoms with van der Waals surface area (Å²) >= 11 is 7.35. The molecule has 1 N–H and O–H groups in total. The Bertz CT molecular complexity index is 970. The van der Waals surface area contributed by atoms with Crippen molar-refractivity contribution in [1.82, 2.24) is 4.98 Å². The first kappa shape index (κ1) is 17.7. The van der Waals surface area contributed by atoms with Gasteiger partial charge in [0.05, 0.1) is 17.2 Å². The zero-order chi connectivity index (χ0) is 17.9. The molecule has 25 heavy (non-hydrogen) atoms. The van der Waals surface area contributed by atoms with E-state index >= 15 is 0 Å². The summed E-state index contributed by atoms with van der Waals surface area (Å²) in [5, 5.41) is 2.61. The van der Waals surface area contributed by atoms with Crippen LogP contribution in [0.25, 0.3) is 11.3 Å². The predicted octanol–water partition coefficient (Wildman–Crippen LogP) is 4.66. The maximum Gasteiger partial charge on any atom is 0.263 e. The Hall–Kier alpha value is -2.09. The average Bonchev–Trinajstić information content (AvgIpc) is 3.03. The van der Waals surface area contributed by atoms with Gasteiger partial charge in [-0.25, -0.2) is 13.4 Å². The summed E-state index contributed by atoms with van der Waals surface area (Å²) in [5.41, 5.74) is 1.38. The molecule has 0 saturated carbocycles. The molecule has 0 amide bonds. The van der Waals surface area contributed by atoms with Gasteiger partial charge in [0, 0.05) is 16.0 Å². The lowest BCUT2D eigenvalue weighted by Crippen LogP contribution is -2.12. The second-order valence-corrected chi connectivity index (χ2v) is 7.98. The molecule has 5 nitrogen and oxygen atoms in total. The number of sulfonamides is 1. The van der Waals surface area contributed by atoms with Crippen molar-refractivity contribution >= 4 is 38.1 Å². The summed E-state index contributed by atoms with van der Waals surface area (Å²) in [6.45, 7) is 2.39. The topological polar surface area (TPSA) is 68.3 Å². The monoisotopic (exact) mass is 394 g/mol. The third kappa shape index (κ3) is 4.12. The predicted molar refractivity (Wildman–Crippen MR) is 101 cm³/mol. The molecule has 0 bridgehead atoms. The molecule has 3 aromatic rings. The zero-order valence-corrected chi connectivity index (χ0v) is 15.7. The van der Waals surface area contributed by atoms with Crippen LogP contribution in [-0.2, 0) is 10.0 Å². The van der Waals surface area contributed by atoms with Crippen LogP contribution in [0, 0.1) is 0 Å². The van der Waals surface area contributed by atoms with E-state index in [4.69, 9.17) is 16.3 Å². The number of halogens is 1. The van der Waals surface area contributed by atoms with Crippen molar-refractivity contribution in [3.63, 3.8) is 0 Å². The maximum atomic E-state index is 12.5. The molecule has 8 heteroatoms. The van der Waals surface area contributed by atoms with E-state index in [-0.39, 0.29) is 10.0 Å². The van der Waals surface area contributed by atoms with Gasteiger partial charge in [0.15, 0.2) is 5.13 Å². The minimum atomic E-state index is -3.71. The van der Waals surface area contributed by atoms with Crippen LogP contribution in [0.15, 0.2) is 58.8 Å². The fraction of sp³-hybridized carbons (Fsp3) is 0.118. The number of hydrogen-bond acceptors (Lipinski definition) is 5. The van der Waals surface area contributed by atoms with E-state index in [0.717, 1.165) is 5.56 Å². The summed E-state index contributed by atoms with van der Waals surface area (Å²) in [5.74, 6) is 0.622. The van der Waals surface area contributed by atoms with Crippen LogP contribution in [0.1, 0.15) is 6.92 Å². The summed E-state index contributed by atoms with van der Waals surface area (Å²) in [6, 6.07) is 13.5. The Balaban J connectivity index is 1.81. The number of thiazole rings is 1. The molecule has 0 radical (unpaired) electrons. The van der Waals surface area contributed by atoms with Crippen LogP contribution in [0.3, 0.4) is 0 Å². The average molecular weight is 395 g/mol. The van der Waals surface area contributed by atoms with Crippen LogP contribution in [-0.4, -0.2) is 20.0 Å². The largest absolute Gasteiger partial charge is 0.494 e. The smallest absolute Gasteiger partial charge is 0.263 e. The Morgan fingerprint density at radius 2 is 1.88 bits per heavy atom. The standard InChI is InChI=1S/C17H15ClN2O3S2/c1-2-23-12-7-9-13(10-8-12)25(21,22)20-17-19-16(11-24-17)14-5-3-4-6-15(14)18/h3-11H,2H2,1H3,(H,19,20). The van der Waals surface area contributed by atoms with Crippen molar-refractivity contribution in [2.75, 3.05) is 11.3 Å². The highest BCUT2D eigenvalue weighted by atomic mass is 35.5. The molecule has 0 saturated heterocycles. The third-order valence-corrected chi connectivity index (χ3v) is 5.89. The van der Waals surface area contributed by atoms with Crippen molar-refractivity contribution < 1.29 is 13.2 Å². The van der Waals surface area contributed by atoms with Gasteiger partial charge in [-0.15, -0.1) is 11.3 Å². The van der Waals surface area contributed by atoms with E-state index in [1.807, 2.05) is 25.1 Å².